The van der Waals surface area contributed by atoms with Gasteiger partial charge in [0.15, 0.2) is 6.04 Å². The summed E-state index contributed by atoms with van der Waals surface area (Å²) in [5.41, 5.74) is 0. The third-order valence-electron chi connectivity index (χ3n) is 2.65. The summed E-state index contributed by atoms with van der Waals surface area (Å²) in [6.07, 6.45) is 0.0870. The third-order valence-corrected chi connectivity index (χ3v) is 2.65. The van der Waals surface area contributed by atoms with Crippen LogP contribution in [0.5, 0.6) is 0 Å². The van der Waals surface area contributed by atoms with Crippen LogP contribution in [0.3, 0.4) is 0 Å². The lowest BCUT2D eigenvalue weighted by molar-refractivity contribution is -0.912. The van der Waals surface area contributed by atoms with E-state index in [9.17, 15) is 9.59 Å². The molecule has 0 aromatic heterocycles. The molecule has 0 amide bonds. The average molecular weight is 246 g/mol. The molecule has 0 saturated carbocycles. The van der Waals surface area contributed by atoms with Gasteiger partial charge in [0, 0.05) is 0 Å². The number of hydrogen-bond donors (Lipinski definition) is 1. The first kappa shape index (κ1) is 15.9. The van der Waals surface area contributed by atoms with E-state index in [1.54, 1.807) is 13.8 Å². The third kappa shape index (κ3) is 5.68. The van der Waals surface area contributed by atoms with Crippen LogP contribution >= 0.6 is 0 Å². The van der Waals surface area contributed by atoms with Crippen molar-refractivity contribution < 1.29 is 24.0 Å². The Bertz CT molecular complexity index is 239. The molecule has 0 unspecified atom stereocenters. The summed E-state index contributed by atoms with van der Waals surface area (Å²) in [5, 5.41) is 0. The topological polar surface area (TPSA) is 57.0 Å². The number of esters is 2. The van der Waals surface area contributed by atoms with E-state index in [4.69, 9.17) is 9.47 Å². The van der Waals surface area contributed by atoms with Crippen LogP contribution < -0.4 is 4.90 Å². The van der Waals surface area contributed by atoms with Gasteiger partial charge < -0.3 is 14.4 Å². The zero-order chi connectivity index (χ0) is 13.3. The van der Waals surface area contributed by atoms with Crippen molar-refractivity contribution in [1.82, 2.24) is 0 Å². The van der Waals surface area contributed by atoms with Crippen molar-refractivity contribution in [3.63, 3.8) is 0 Å². The highest BCUT2D eigenvalue weighted by atomic mass is 16.5. The molecule has 100 valence electrons. The van der Waals surface area contributed by atoms with E-state index in [2.05, 4.69) is 0 Å². The van der Waals surface area contributed by atoms with Crippen LogP contribution in [0.1, 0.15) is 34.1 Å². The summed E-state index contributed by atoms with van der Waals surface area (Å²) in [6.45, 7) is 9.70. The maximum absolute atomic E-state index is 11.8. The first-order valence-electron chi connectivity index (χ1n) is 6.27. The van der Waals surface area contributed by atoms with Gasteiger partial charge in [-0.05, 0) is 27.7 Å². The molecule has 5 heteroatoms. The smallest absolute Gasteiger partial charge is 0.365 e. The summed E-state index contributed by atoms with van der Waals surface area (Å²) in [7, 11) is 0. The molecule has 17 heavy (non-hydrogen) atoms. The number of rotatable bonds is 8. The Hall–Kier alpha value is -1.10. The Labute approximate surface area is 103 Å². The minimum Gasteiger partial charge on any atom is -0.466 e. The van der Waals surface area contributed by atoms with E-state index in [0.29, 0.717) is 13.2 Å². The fraction of sp³-hybridized carbons (Fsp3) is 0.833. The van der Waals surface area contributed by atoms with E-state index in [-0.39, 0.29) is 18.4 Å². The Balaban J connectivity index is 4.59. The predicted molar refractivity (Wildman–Crippen MR) is 63.7 cm³/mol. The zero-order valence-electron chi connectivity index (χ0n) is 11.2. The van der Waals surface area contributed by atoms with E-state index >= 15 is 0 Å². The van der Waals surface area contributed by atoms with Crippen LogP contribution in [-0.4, -0.2) is 44.3 Å². The molecule has 0 aromatic carbocycles. The molecule has 0 aliphatic heterocycles. The summed E-state index contributed by atoms with van der Waals surface area (Å²) >= 11 is 0. The molecule has 0 aliphatic carbocycles. The SMILES string of the molecule is CCOC(=O)C[C@H](C(=O)OCC)[NH+](CC)CC. The van der Waals surface area contributed by atoms with E-state index in [0.717, 1.165) is 18.0 Å². The second kappa shape index (κ2) is 8.98. The minimum atomic E-state index is -0.455. The monoisotopic (exact) mass is 246 g/mol. The number of likely N-dealkylation sites (N-methyl/N-ethyl adjacent to an activating group) is 1. The summed E-state index contributed by atoms with van der Waals surface area (Å²) in [5.74, 6) is -0.663. The van der Waals surface area contributed by atoms with Crippen molar-refractivity contribution in [3.8, 4) is 0 Å². The highest BCUT2D eigenvalue weighted by Crippen LogP contribution is 1.96. The maximum Gasteiger partial charge on any atom is 0.365 e. The Morgan fingerprint density at radius 1 is 1.00 bits per heavy atom. The van der Waals surface area contributed by atoms with Crippen molar-refractivity contribution in [2.24, 2.45) is 0 Å². The molecule has 0 aliphatic rings. The highest BCUT2D eigenvalue weighted by molar-refractivity contribution is 5.81. The molecular weight excluding hydrogens is 222 g/mol. The first-order valence-corrected chi connectivity index (χ1v) is 6.27. The molecule has 5 nitrogen and oxygen atoms in total. The van der Waals surface area contributed by atoms with Crippen LogP contribution in [-0.2, 0) is 19.1 Å². The Kier molecular flexibility index (Phi) is 8.40. The largest absolute Gasteiger partial charge is 0.466 e. The molecule has 0 spiro atoms. The van der Waals surface area contributed by atoms with E-state index < -0.39 is 6.04 Å². The number of ether oxygens (including phenoxy) is 2. The number of nitrogens with one attached hydrogen (secondary N) is 1. The molecule has 0 heterocycles. The summed E-state index contributed by atoms with van der Waals surface area (Å²) in [6, 6.07) is -0.455. The molecule has 0 rings (SSSR count). The quantitative estimate of drug-likeness (QED) is 0.602. The number of hydrogen-bond acceptors (Lipinski definition) is 4. The second-order valence-electron chi connectivity index (χ2n) is 3.68. The van der Waals surface area contributed by atoms with Crippen LogP contribution in [0, 0.1) is 0 Å². The van der Waals surface area contributed by atoms with Gasteiger partial charge in [-0.1, -0.05) is 0 Å². The fourth-order valence-corrected chi connectivity index (χ4v) is 1.77. The molecule has 1 N–H and O–H groups in total. The normalized spacial score (nSPS) is 12.3. The predicted octanol–water partition coefficient (Wildman–Crippen LogP) is -0.204. The van der Waals surface area contributed by atoms with Crippen molar-refractivity contribution in [3.05, 3.63) is 0 Å². The van der Waals surface area contributed by atoms with Crippen molar-refractivity contribution >= 4 is 11.9 Å². The summed E-state index contributed by atoms with van der Waals surface area (Å²) in [4.78, 5) is 24.3. The van der Waals surface area contributed by atoms with Crippen molar-refractivity contribution in [1.29, 1.82) is 0 Å². The maximum atomic E-state index is 11.8. The molecule has 0 bridgehead atoms. The lowest BCUT2D eigenvalue weighted by Gasteiger charge is -2.24. The molecule has 0 radical (unpaired) electrons. The minimum absolute atomic E-state index is 0.0870. The second-order valence-corrected chi connectivity index (χ2v) is 3.68. The van der Waals surface area contributed by atoms with Gasteiger partial charge in [-0.25, -0.2) is 4.79 Å². The number of quaternary nitrogens is 1. The van der Waals surface area contributed by atoms with Gasteiger partial charge in [0.2, 0.25) is 0 Å². The lowest BCUT2D eigenvalue weighted by Crippen LogP contribution is -3.16. The van der Waals surface area contributed by atoms with Gasteiger partial charge in [0.25, 0.3) is 0 Å². The standard InChI is InChI=1S/C12H23NO4/c1-5-13(6-2)10(12(15)17-8-4)9-11(14)16-7-3/h10H,5-9H2,1-4H3/p+1/t10-/m1/s1. The molecule has 1 atom stereocenters. The number of carbonyl (C=O) groups excluding carboxylic acids is 2. The molecular formula is C12H24NO4+. The molecule has 0 saturated heterocycles. The highest BCUT2D eigenvalue weighted by Gasteiger charge is 2.32. The van der Waals surface area contributed by atoms with Gasteiger partial charge in [-0.3, -0.25) is 4.79 Å². The number of carbonyl (C=O) groups is 2. The van der Waals surface area contributed by atoms with Crippen LogP contribution in [0.2, 0.25) is 0 Å². The summed E-state index contributed by atoms with van der Waals surface area (Å²) < 4.78 is 9.88. The van der Waals surface area contributed by atoms with Crippen LogP contribution in [0.25, 0.3) is 0 Å². The van der Waals surface area contributed by atoms with Gasteiger partial charge in [-0.2, -0.15) is 0 Å². The van der Waals surface area contributed by atoms with Gasteiger partial charge >= 0.3 is 11.9 Å². The average Bonchev–Trinajstić information content (AvgIpc) is 2.30. The fourth-order valence-electron chi connectivity index (χ4n) is 1.77. The van der Waals surface area contributed by atoms with Crippen molar-refractivity contribution in [2.75, 3.05) is 26.3 Å². The lowest BCUT2D eigenvalue weighted by atomic mass is 10.1. The van der Waals surface area contributed by atoms with Crippen molar-refractivity contribution in [2.45, 2.75) is 40.2 Å². The van der Waals surface area contributed by atoms with E-state index in [1.165, 1.54) is 0 Å². The van der Waals surface area contributed by atoms with Crippen LogP contribution in [0.4, 0.5) is 0 Å². The molecule has 0 aromatic rings. The first-order chi connectivity index (χ1) is 8.10. The van der Waals surface area contributed by atoms with E-state index in [1.807, 2.05) is 13.8 Å². The van der Waals surface area contributed by atoms with Gasteiger partial charge in [-0.15, -0.1) is 0 Å². The zero-order valence-corrected chi connectivity index (χ0v) is 11.2. The van der Waals surface area contributed by atoms with Crippen LogP contribution in [0.15, 0.2) is 0 Å². The molecule has 0 fully saturated rings. The Morgan fingerprint density at radius 3 is 1.94 bits per heavy atom. The van der Waals surface area contributed by atoms with Gasteiger partial charge in [0.05, 0.1) is 26.3 Å². The van der Waals surface area contributed by atoms with Gasteiger partial charge in [0.1, 0.15) is 6.42 Å². The Morgan fingerprint density at radius 2 is 1.53 bits per heavy atom.